The van der Waals surface area contributed by atoms with Crippen molar-refractivity contribution >= 4 is 15.9 Å². The van der Waals surface area contributed by atoms with Gasteiger partial charge in [-0.15, -0.1) is 0 Å². The highest BCUT2D eigenvalue weighted by Gasteiger charge is 2.17. The maximum atomic E-state index is 9.36. The van der Waals surface area contributed by atoms with E-state index in [0.29, 0.717) is 5.92 Å². The van der Waals surface area contributed by atoms with Crippen LogP contribution in [0.3, 0.4) is 0 Å². The second-order valence-corrected chi connectivity index (χ2v) is 5.75. The van der Waals surface area contributed by atoms with E-state index >= 15 is 0 Å². The van der Waals surface area contributed by atoms with Crippen molar-refractivity contribution in [2.45, 2.75) is 39.2 Å². The molecule has 0 unspecified atom stereocenters. The molecule has 1 aliphatic carbocycles. The second-order valence-electron chi connectivity index (χ2n) is 4.83. The molecule has 2 rings (SSSR count). The first-order valence-electron chi connectivity index (χ1n) is 6.23. The molecule has 94 valence electrons. The smallest absolute Gasteiger partial charge is 0.127 e. The summed E-state index contributed by atoms with van der Waals surface area (Å²) in [4.78, 5) is 0. The van der Waals surface area contributed by atoms with E-state index in [1.165, 1.54) is 25.7 Å². The molecular weight excluding hydrogens is 280 g/mol. The Morgan fingerprint density at radius 1 is 1.35 bits per heavy atom. The molecule has 17 heavy (non-hydrogen) atoms. The maximum Gasteiger partial charge on any atom is 0.127 e. The molecule has 1 fully saturated rings. The molecular formula is C14H19BrO2. The molecule has 3 heteroatoms. The summed E-state index contributed by atoms with van der Waals surface area (Å²) < 4.78 is 6.91. The molecule has 0 saturated heterocycles. The first-order chi connectivity index (χ1) is 8.20. The Hall–Kier alpha value is -0.540. The normalized spacial score (nSPS) is 16.4. The highest BCUT2D eigenvalue weighted by atomic mass is 79.9. The monoisotopic (exact) mass is 298 g/mol. The van der Waals surface area contributed by atoms with Crippen LogP contribution < -0.4 is 4.74 Å². The SMILES string of the molecule is Cc1cc(Br)cc(CO)c1OCC1CCCC1. The van der Waals surface area contributed by atoms with Crippen LogP contribution >= 0.6 is 15.9 Å². The number of aryl methyl sites for hydroxylation is 1. The van der Waals surface area contributed by atoms with Crippen LogP contribution in [-0.4, -0.2) is 11.7 Å². The zero-order chi connectivity index (χ0) is 12.3. The first-order valence-corrected chi connectivity index (χ1v) is 7.02. The van der Waals surface area contributed by atoms with Crippen molar-refractivity contribution in [3.63, 3.8) is 0 Å². The van der Waals surface area contributed by atoms with Crippen LogP contribution in [0.15, 0.2) is 16.6 Å². The number of aliphatic hydroxyl groups is 1. The Labute approximate surface area is 111 Å². The van der Waals surface area contributed by atoms with E-state index in [9.17, 15) is 5.11 Å². The van der Waals surface area contributed by atoms with Gasteiger partial charge in [-0.25, -0.2) is 0 Å². The molecule has 2 nitrogen and oxygen atoms in total. The fraction of sp³-hybridized carbons (Fsp3) is 0.571. The van der Waals surface area contributed by atoms with Gasteiger partial charge in [-0.05, 0) is 43.4 Å². The summed E-state index contributed by atoms with van der Waals surface area (Å²) in [5.74, 6) is 1.56. The minimum Gasteiger partial charge on any atom is -0.493 e. The molecule has 0 heterocycles. The molecule has 0 aromatic heterocycles. The fourth-order valence-electron chi connectivity index (χ4n) is 2.50. The van der Waals surface area contributed by atoms with Crippen LogP contribution in [0, 0.1) is 12.8 Å². The number of ether oxygens (including phenoxy) is 1. The third-order valence-electron chi connectivity index (χ3n) is 3.42. The van der Waals surface area contributed by atoms with Gasteiger partial charge in [-0.2, -0.15) is 0 Å². The number of hydrogen-bond acceptors (Lipinski definition) is 2. The summed E-state index contributed by atoms with van der Waals surface area (Å²) >= 11 is 3.44. The maximum absolute atomic E-state index is 9.36. The minimum absolute atomic E-state index is 0.0281. The summed E-state index contributed by atoms with van der Waals surface area (Å²) in [5.41, 5.74) is 1.95. The average molecular weight is 299 g/mol. The molecule has 1 aromatic carbocycles. The van der Waals surface area contributed by atoms with Gasteiger partial charge in [0, 0.05) is 10.0 Å². The Bertz CT molecular complexity index is 384. The Morgan fingerprint density at radius 3 is 2.71 bits per heavy atom. The number of aliphatic hydroxyl groups excluding tert-OH is 1. The Kier molecular flexibility index (Phi) is 4.46. The van der Waals surface area contributed by atoms with Gasteiger partial charge in [0.15, 0.2) is 0 Å². The lowest BCUT2D eigenvalue weighted by Gasteiger charge is -2.16. The Morgan fingerprint density at radius 2 is 2.06 bits per heavy atom. The van der Waals surface area contributed by atoms with Gasteiger partial charge in [0.1, 0.15) is 5.75 Å². The molecule has 1 aromatic rings. The molecule has 0 amide bonds. The van der Waals surface area contributed by atoms with Crippen LogP contribution in [0.25, 0.3) is 0 Å². The lowest BCUT2D eigenvalue weighted by molar-refractivity contribution is 0.233. The summed E-state index contributed by atoms with van der Waals surface area (Å²) in [6, 6.07) is 3.96. The van der Waals surface area contributed by atoms with Crippen molar-refractivity contribution < 1.29 is 9.84 Å². The molecule has 0 radical (unpaired) electrons. The van der Waals surface area contributed by atoms with Gasteiger partial charge < -0.3 is 9.84 Å². The molecule has 0 spiro atoms. The third-order valence-corrected chi connectivity index (χ3v) is 3.88. The first kappa shape index (κ1) is 12.9. The van der Waals surface area contributed by atoms with E-state index in [4.69, 9.17) is 4.74 Å². The zero-order valence-corrected chi connectivity index (χ0v) is 11.8. The summed E-state index contributed by atoms with van der Waals surface area (Å²) in [6.45, 7) is 2.84. The predicted octanol–water partition coefficient (Wildman–Crippen LogP) is 3.82. The lowest BCUT2D eigenvalue weighted by Crippen LogP contribution is -2.10. The van der Waals surface area contributed by atoms with Crippen molar-refractivity contribution in [2.75, 3.05) is 6.61 Å². The highest BCUT2D eigenvalue weighted by molar-refractivity contribution is 9.10. The van der Waals surface area contributed by atoms with Gasteiger partial charge in [0.2, 0.25) is 0 Å². The van der Waals surface area contributed by atoms with Crippen molar-refractivity contribution in [1.82, 2.24) is 0 Å². The van der Waals surface area contributed by atoms with Gasteiger partial charge in [0.05, 0.1) is 13.2 Å². The zero-order valence-electron chi connectivity index (χ0n) is 10.2. The van der Waals surface area contributed by atoms with Gasteiger partial charge in [-0.3, -0.25) is 0 Å². The van der Waals surface area contributed by atoms with E-state index in [1.807, 2.05) is 19.1 Å². The van der Waals surface area contributed by atoms with Gasteiger partial charge in [0.25, 0.3) is 0 Å². The van der Waals surface area contributed by atoms with Crippen LogP contribution in [-0.2, 0) is 6.61 Å². The van der Waals surface area contributed by atoms with E-state index in [0.717, 1.165) is 28.0 Å². The van der Waals surface area contributed by atoms with Crippen molar-refractivity contribution in [3.8, 4) is 5.75 Å². The third kappa shape index (κ3) is 3.23. The molecule has 0 aliphatic heterocycles. The summed E-state index contributed by atoms with van der Waals surface area (Å²) in [5, 5.41) is 9.36. The molecule has 1 N–H and O–H groups in total. The Balaban J connectivity index is 2.08. The molecule has 0 bridgehead atoms. The van der Waals surface area contributed by atoms with Crippen LogP contribution in [0.2, 0.25) is 0 Å². The van der Waals surface area contributed by atoms with Crippen LogP contribution in [0.5, 0.6) is 5.75 Å². The van der Waals surface area contributed by atoms with Crippen LogP contribution in [0.1, 0.15) is 36.8 Å². The quantitative estimate of drug-likeness (QED) is 0.916. The topological polar surface area (TPSA) is 29.5 Å². The predicted molar refractivity (Wildman–Crippen MR) is 72.3 cm³/mol. The van der Waals surface area contributed by atoms with E-state index in [2.05, 4.69) is 15.9 Å². The van der Waals surface area contributed by atoms with Gasteiger partial charge >= 0.3 is 0 Å². The molecule has 1 saturated carbocycles. The lowest BCUT2D eigenvalue weighted by atomic mass is 10.1. The fourth-order valence-corrected chi connectivity index (χ4v) is 3.12. The van der Waals surface area contributed by atoms with E-state index < -0.39 is 0 Å². The van der Waals surface area contributed by atoms with E-state index in [1.54, 1.807) is 0 Å². The van der Waals surface area contributed by atoms with E-state index in [-0.39, 0.29) is 6.61 Å². The molecule has 1 aliphatic rings. The summed E-state index contributed by atoms with van der Waals surface area (Å²) in [7, 11) is 0. The number of rotatable bonds is 4. The van der Waals surface area contributed by atoms with Crippen molar-refractivity contribution in [3.05, 3.63) is 27.7 Å². The minimum atomic E-state index is 0.0281. The largest absolute Gasteiger partial charge is 0.493 e. The number of benzene rings is 1. The van der Waals surface area contributed by atoms with Crippen molar-refractivity contribution in [2.24, 2.45) is 5.92 Å². The summed E-state index contributed by atoms with van der Waals surface area (Å²) in [6.07, 6.45) is 5.23. The second kappa shape index (κ2) is 5.87. The highest BCUT2D eigenvalue weighted by Crippen LogP contribution is 2.30. The van der Waals surface area contributed by atoms with Crippen molar-refractivity contribution in [1.29, 1.82) is 0 Å². The van der Waals surface area contributed by atoms with Gasteiger partial charge in [-0.1, -0.05) is 28.8 Å². The van der Waals surface area contributed by atoms with Crippen LogP contribution in [0.4, 0.5) is 0 Å². The average Bonchev–Trinajstić information content (AvgIpc) is 2.79. The molecule has 0 atom stereocenters. The number of hydrogen-bond donors (Lipinski definition) is 1. The number of halogens is 1. The standard InChI is InChI=1S/C14H19BrO2/c1-10-6-13(15)7-12(8-16)14(10)17-9-11-4-2-3-5-11/h6-7,11,16H,2-5,8-9H2,1H3.